The van der Waals surface area contributed by atoms with Crippen LogP contribution in [-0.2, 0) is 19.7 Å². The molecule has 3 aromatic carbocycles. The van der Waals surface area contributed by atoms with E-state index in [4.69, 9.17) is 14.4 Å². The zero-order valence-electron chi connectivity index (χ0n) is 20.8. The molecule has 5 rings (SSSR count). The van der Waals surface area contributed by atoms with Crippen molar-refractivity contribution < 1.29 is 14.1 Å². The van der Waals surface area contributed by atoms with E-state index in [2.05, 4.69) is 22.6 Å². The highest BCUT2D eigenvalue weighted by atomic mass is 16.5. The third kappa shape index (κ3) is 5.78. The quantitative estimate of drug-likeness (QED) is 0.285. The summed E-state index contributed by atoms with van der Waals surface area (Å²) < 4.78 is 13.0. The van der Waals surface area contributed by atoms with Crippen LogP contribution in [-0.4, -0.2) is 20.8 Å². The first-order chi connectivity index (χ1) is 18.1. The Bertz CT molecular complexity index is 1470. The van der Waals surface area contributed by atoms with E-state index >= 15 is 0 Å². The van der Waals surface area contributed by atoms with Crippen molar-refractivity contribution in [3.05, 3.63) is 125 Å². The summed E-state index contributed by atoms with van der Waals surface area (Å²) in [5.41, 5.74) is 6.20. The molecule has 0 aliphatic carbocycles. The van der Waals surface area contributed by atoms with E-state index in [1.54, 1.807) is 12.1 Å². The van der Waals surface area contributed by atoms with Gasteiger partial charge in [0, 0.05) is 29.4 Å². The van der Waals surface area contributed by atoms with Gasteiger partial charge in [-0.1, -0.05) is 71.9 Å². The fourth-order valence-corrected chi connectivity index (χ4v) is 4.15. The van der Waals surface area contributed by atoms with Crippen LogP contribution in [0.15, 0.2) is 95.6 Å². The summed E-state index contributed by atoms with van der Waals surface area (Å²) in [7, 11) is 0. The van der Waals surface area contributed by atoms with Gasteiger partial charge in [0.25, 0.3) is 5.91 Å². The third-order valence-electron chi connectivity index (χ3n) is 6.17. The van der Waals surface area contributed by atoms with Crippen LogP contribution in [0.3, 0.4) is 0 Å². The van der Waals surface area contributed by atoms with E-state index in [1.807, 2.05) is 85.4 Å². The Morgan fingerprint density at radius 3 is 2.46 bits per heavy atom. The fourth-order valence-electron chi connectivity index (χ4n) is 4.15. The Kier molecular flexibility index (Phi) is 7.12. The molecule has 0 unspecified atom stereocenters. The minimum Gasteiger partial charge on any atom is -0.489 e. The smallest absolute Gasteiger partial charge is 0.251 e. The van der Waals surface area contributed by atoms with Crippen LogP contribution in [0.5, 0.6) is 5.75 Å². The summed E-state index contributed by atoms with van der Waals surface area (Å²) in [6, 6.07) is 27.4. The number of hydrogen-bond donors (Lipinski definition) is 1. The molecule has 0 bridgehead atoms. The number of hydrogen-bond acceptors (Lipinski definition) is 5. The van der Waals surface area contributed by atoms with Gasteiger partial charge in [-0.05, 0) is 37.6 Å². The molecule has 2 aromatic heterocycles. The van der Waals surface area contributed by atoms with E-state index in [1.165, 1.54) is 0 Å². The van der Waals surface area contributed by atoms with E-state index in [0.717, 1.165) is 39.4 Å². The lowest BCUT2D eigenvalue weighted by Crippen LogP contribution is -2.22. The van der Waals surface area contributed by atoms with Crippen molar-refractivity contribution in [3.8, 4) is 17.0 Å². The molecule has 2 heterocycles. The fraction of sp³-hybridized carbons (Fsp3) is 0.167. The molecule has 1 amide bonds. The largest absolute Gasteiger partial charge is 0.489 e. The SMILES string of the molecule is Cc1noc(C)c1COc1cccc(C(=O)NCc2cn(Cc3ccccc3)nc2-c2ccccc2)c1. The number of ether oxygens (including phenoxy) is 1. The van der Waals surface area contributed by atoms with Crippen LogP contribution in [0.25, 0.3) is 11.3 Å². The van der Waals surface area contributed by atoms with Gasteiger partial charge in [-0.2, -0.15) is 5.10 Å². The minimum atomic E-state index is -0.183. The number of aryl methyl sites for hydroxylation is 2. The minimum absolute atomic E-state index is 0.183. The number of nitrogens with zero attached hydrogens (tertiary/aromatic N) is 3. The number of nitrogens with one attached hydrogen (secondary N) is 1. The first-order valence-corrected chi connectivity index (χ1v) is 12.2. The van der Waals surface area contributed by atoms with Crippen molar-refractivity contribution in [2.75, 3.05) is 0 Å². The van der Waals surface area contributed by atoms with Gasteiger partial charge < -0.3 is 14.6 Å². The Labute approximate surface area is 215 Å². The highest BCUT2D eigenvalue weighted by Crippen LogP contribution is 2.23. The second-order valence-corrected chi connectivity index (χ2v) is 8.85. The van der Waals surface area contributed by atoms with Crippen LogP contribution >= 0.6 is 0 Å². The number of carbonyl (C=O) groups excluding carboxylic acids is 1. The van der Waals surface area contributed by atoms with Crippen molar-refractivity contribution >= 4 is 5.91 Å². The van der Waals surface area contributed by atoms with Gasteiger partial charge >= 0.3 is 0 Å². The Morgan fingerprint density at radius 1 is 0.973 bits per heavy atom. The van der Waals surface area contributed by atoms with Gasteiger partial charge in [0.1, 0.15) is 18.1 Å². The number of carbonyl (C=O) groups is 1. The van der Waals surface area contributed by atoms with Crippen LogP contribution in [0.1, 0.15) is 38.5 Å². The van der Waals surface area contributed by atoms with Gasteiger partial charge in [-0.3, -0.25) is 9.48 Å². The summed E-state index contributed by atoms with van der Waals surface area (Å²) in [4.78, 5) is 13.0. The average Bonchev–Trinajstić information content (AvgIpc) is 3.49. The summed E-state index contributed by atoms with van der Waals surface area (Å²) in [5, 5.41) is 11.8. The number of rotatable bonds is 9. The van der Waals surface area contributed by atoms with Crippen molar-refractivity contribution in [2.45, 2.75) is 33.5 Å². The summed E-state index contributed by atoms with van der Waals surface area (Å²) in [5.74, 6) is 1.15. The lowest BCUT2D eigenvalue weighted by atomic mass is 10.1. The monoisotopic (exact) mass is 492 g/mol. The second-order valence-electron chi connectivity index (χ2n) is 8.85. The van der Waals surface area contributed by atoms with E-state index in [0.29, 0.717) is 31.0 Å². The van der Waals surface area contributed by atoms with Crippen LogP contribution in [0.2, 0.25) is 0 Å². The standard InChI is InChI=1S/C30H28N4O3/c1-21-28(22(2)37-33-21)20-36-27-15-9-14-25(16-27)30(35)31-17-26-19-34(18-23-10-5-3-6-11-23)32-29(26)24-12-7-4-8-13-24/h3-16,19H,17-18,20H2,1-2H3,(H,31,35). The van der Waals surface area contributed by atoms with Crippen LogP contribution < -0.4 is 10.1 Å². The highest BCUT2D eigenvalue weighted by molar-refractivity contribution is 5.94. The molecule has 0 spiro atoms. The molecule has 7 heteroatoms. The molecule has 0 atom stereocenters. The van der Waals surface area contributed by atoms with Gasteiger partial charge in [0.2, 0.25) is 0 Å². The Morgan fingerprint density at radius 2 is 1.73 bits per heavy atom. The van der Waals surface area contributed by atoms with Crippen molar-refractivity contribution in [2.24, 2.45) is 0 Å². The predicted octanol–water partition coefficient (Wildman–Crippen LogP) is 5.71. The molecule has 5 aromatic rings. The topological polar surface area (TPSA) is 82.2 Å². The zero-order chi connectivity index (χ0) is 25.6. The molecule has 1 N–H and O–H groups in total. The van der Waals surface area contributed by atoms with Gasteiger partial charge in [0.15, 0.2) is 0 Å². The molecular formula is C30H28N4O3. The highest BCUT2D eigenvalue weighted by Gasteiger charge is 2.15. The summed E-state index contributed by atoms with van der Waals surface area (Å²) in [6.07, 6.45) is 2.00. The maximum atomic E-state index is 13.0. The first-order valence-electron chi connectivity index (χ1n) is 12.2. The zero-order valence-corrected chi connectivity index (χ0v) is 20.8. The first kappa shape index (κ1) is 24.1. The van der Waals surface area contributed by atoms with E-state index < -0.39 is 0 Å². The lowest BCUT2D eigenvalue weighted by Gasteiger charge is -2.09. The number of benzene rings is 3. The molecule has 0 aliphatic rings. The Balaban J connectivity index is 1.29. The average molecular weight is 493 g/mol. The van der Waals surface area contributed by atoms with Crippen LogP contribution in [0.4, 0.5) is 0 Å². The molecule has 0 fully saturated rings. The van der Waals surface area contributed by atoms with Gasteiger partial charge in [-0.25, -0.2) is 0 Å². The third-order valence-corrected chi connectivity index (χ3v) is 6.17. The number of aromatic nitrogens is 3. The predicted molar refractivity (Wildman–Crippen MR) is 141 cm³/mol. The van der Waals surface area contributed by atoms with Gasteiger partial charge in [0.05, 0.1) is 23.5 Å². The molecule has 0 aliphatic heterocycles. The van der Waals surface area contributed by atoms with Crippen LogP contribution in [0, 0.1) is 13.8 Å². The maximum Gasteiger partial charge on any atom is 0.251 e. The van der Waals surface area contributed by atoms with Crippen molar-refractivity contribution in [3.63, 3.8) is 0 Å². The number of amides is 1. The summed E-state index contributed by atoms with van der Waals surface area (Å²) >= 11 is 0. The Hall–Kier alpha value is -4.65. The molecule has 0 saturated heterocycles. The molecule has 0 saturated carbocycles. The molecule has 0 radical (unpaired) electrons. The molecular weight excluding hydrogens is 464 g/mol. The normalized spacial score (nSPS) is 10.9. The molecule has 186 valence electrons. The van der Waals surface area contributed by atoms with Crippen molar-refractivity contribution in [1.29, 1.82) is 0 Å². The maximum absolute atomic E-state index is 13.0. The molecule has 37 heavy (non-hydrogen) atoms. The van der Waals surface area contributed by atoms with E-state index in [-0.39, 0.29) is 5.91 Å². The lowest BCUT2D eigenvalue weighted by molar-refractivity contribution is 0.0950. The van der Waals surface area contributed by atoms with Crippen molar-refractivity contribution in [1.82, 2.24) is 20.3 Å². The van der Waals surface area contributed by atoms with Gasteiger partial charge in [-0.15, -0.1) is 0 Å². The summed E-state index contributed by atoms with van der Waals surface area (Å²) in [6.45, 7) is 5.06. The molecule has 7 nitrogen and oxygen atoms in total. The van der Waals surface area contributed by atoms with E-state index in [9.17, 15) is 4.79 Å². The second kappa shape index (κ2) is 11.0.